The number of unbranched alkanes of at least 4 members (excludes halogenated alkanes) is 9. The molecule has 1 atom stereocenters. The van der Waals surface area contributed by atoms with Gasteiger partial charge in [0.25, 0.3) is 0 Å². The van der Waals surface area contributed by atoms with Crippen LogP contribution in [0, 0.1) is 17.5 Å². The smallest absolute Gasteiger partial charge is 0.425 e. The van der Waals surface area contributed by atoms with Crippen LogP contribution in [0.25, 0.3) is 11.1 Å². The van der Waals surface area contributed by atoms with E-state index in [4.69, 9.17) is 9.47 Å². The second-order valence-corrected chi connectivity index (χ2v) is 12.2. The molecule has 3 aromatic rings. The molecule has 0 heterocycles. The van der Waals surface area contributed by atoms with Gasteiger partial charge in [-0.15, -0.1) is 0 Å². The molecular weight excluding hydrogens is 662 g/mol. The molecule has 0 bridgehead atoms. The van der Waals surface area contributed by atoms with E-state index in [1.807, 2.05) is 0 Å². The minimum Gasteiger partial charge on any atom is -0.491 e. The number of carbonyl (C=O) groups excluding carboxylic acids is 2. The number of benzene rings is 3. The number of ether oxygens (including phenoxy) is 3. The van der Waals surface area contributed by atoms with E-state index < -0.39 is 59.0 Å². The van der Waals surface area contributed by atoms with E-state index in [0.29, 0.717) is 36.5 Å². The number of carbonyl (C=O) groups is 2. The van der Waals surface area contributed by atoms with Crippen molar-refractivity contribution < 1.29 is 50.1 Å². The summed E-state index contributed by atoms with van der Waals surface area (Å²) < 4.78 is 100. The standard InChI is InChI=1S/C39H46F6O5/c1-3-5-6-7-8-9-10-11-13-23-49-35-21-20-29(24-34(35)42)27-16-18-28(19-17-27)37(46)30-25-33(41)31(26-32(30)40)38(47)50-36(39(43,44)45)15-12-14-22-48-4-2/h16-21,24-26,36H,3-15,22-23H2,1-2H3. The van der Waals surface area contributed by atoms with Crippen molar-refractivity contribution in [2.75, 3.05) is 19.8 Å². The number of hydrogen-bond acceptors (Lipinski definition) is 5. The van der Waals surface area contributed by atoms with E-state index in [-0.39, 0.29) is 30.8 Å². The van der Waals surface area contributed by atoms with Gasteiger partial charge in [0.15, 0.2) is 23.5 Å². The summed E-state index contributed by atoms with van der Waals surface area (Å²) in [4.78, 5) is 25.5. The monoisotopic (exact) mass is 708 g/mol. The van der Waals surface area contributed by atoms with E-state index >= 15 is 0 Å². The van der Waals surface area contributed by atoms with Crippen LogP contribution >= 0.6 is 0 Å². The Morgan fingerprint density at radius 3 is 1.86 bits per heavy atom. The molecule has 0 aromatic heterocycles. The van der Waals surface area contributed by atoms with Crippen LogP contribution in [0.3, 0.4) is 0 Å². The first-order valence-corrected chi connectivity index (χ1v) is 17.4. The quantitative estimate of drug-likeness (QED) is 0.0450. The van der Waals surface area contributed by atoms with Gasteiger partial charge in [0, 0.05) is 18.8 Å². The van der Waals surface area contributed by atoms with Crippen LogP contribution in [0.1, 0.15) is 117 Å². The third-order valence-electron chi connectivity index (χ3n) is 8.26. The van der Waals surface area contributed by atoms with Gasteiger partial charge < -0.3 is 14.2 Å². The molecular formula is C39H46F6O5. The summed E-state index contributed by atoms with van der Waals surface area (Å²) in [5, 5.41) is 0. The highest BCUT2D eigenvalue weighted by molar-refractivity contribution is 6.09. The molecule has 0 spiro atoms. The Morgan fingerprint density at radius 1 is 0.660 bits per heavy atom. The van der Waals surface area contributed by atoms with Crippen molar-refractivity contribution >= 4 is 11.8 Å². The Kier molecular flexibility index (Phi) is 16.8. The van der Waals surface area contributed by atoms with E-state index in [2.05, 4.69) is 11.7 Å². The molecule has 11 heteroatoms. The lowest BCUT2D eigenvalue weighted by atomic mass is 9.98. The first kappa shape index (κ1) is 40.6. The molecule has 0 aliphatic heterocycles. The van der Waals surface area contributed by atoms with Gasteiger partial charge in [-0.05, 0) is 68.0 Å². The molecule has 3 aromatic carbocycles. The molecule has 5 nitrogen and oxygen atoms in total. The van der Waals surface area contributed by atoms with Crippen molar-refractivity contribution in [1.29, 1.82) is 0 Å². The third kappa shape index (κ3) is 12.8. The van der Waals surface area contributed by atoms with Gasteiger partial charge in [-0.2, -0.15) is 13.2 Å². The molecule has 0 aliphatic carbocycles. The van der Waals surface area contributed by atoms with Crippen LogP contribution in [-0.2, 0) is 9.47 Å². The number of rotatable bonds is 22. The van der Waals surface area contributed by atoms with Gasteiger partial charge >= 0.3 is 12.1 Å². The lowest BCUT2D eigenvalue weighted by Crippen LogP contribution is -2.34. The highest BCUT2D eigenvalue weighted by Crippen LogP contribution is 2.30. The fraction of sp³-hybridized carbons (Fsp3) is 0.487. The van der Waals surface area contributed by atoms with E-state index in [9.17, 15) is 35.9 Å². The molecule has 3 rings (SSSR count). The fourth-order valence-corrected chi connectivity index (χ4v) is 5.40. The predicted octanol–water partition coefficient (Wildman–Crippen LogP) is 11.2. The summed E-state index contributed by atoms with van der Waals surface area (Å²) in [5.74, 6) is -5.77. The Morgan fingerprint density at radius 2 is 1.24 bits per heavy atom. The second kappa shape index (κ2) is 20.7. The Bertz CT molecular complexity index is 1510. The number of hydrogen-bond donors (Lipinski definition) is 0. The normalized spacial score (nSPS) is 12.2. The lowest BCUT2D eigenvalue weighted by molar-refractivity contribution is -0.206. The van der Waals surface area contributed by atoms with Gasteiger partial charge in [-0.1, -0.05) is 88.6 Å². The third-order valence-corrected chi connectivity index (χ3v) is 8.26. The number of esters is 1. The zero-order valence-electron chi connectivity index (χ0n) is 28.7. The molecule has 0 radical (unpaired) electrons. The maximum atomic E-state index is 15.0. The summed E-state index contributed by atoms with van der Waals surface area (Å²) in [6, 6.07) is 11.0. The van der Waals surface area contributed by atoms with Gasteiger partial charge in [0.05, 0.1) is 17.7 Å². The summed E-state index contributed by atoms with van der Waals surface area (Å²) in [6.07, 6.45) is 2.74. The van der Waals surface area contributed by atoms with Crippen LogP contribution in [-0.4, -0.2) is 43.9 Å². The average molecular weight is 709 g/mol. The zero-order chi connectivity index (χ0) is 36.5. The minimum absolute atomic E-state index is 0.0225. The van der Waals surface area contributed by atoms with Crippen molar-refractivity contribution in [3.63, 3.8) is 0 Å². The molecule has 0 saturated carbocycles. The van der Waals surface area contributed by atoms with Crippen LogP contribution < -0.4 is 4.74 Å². The Hall–Kier alpha value is -3.86. The molecule has 0 saturated heterocycles. The minimum atomic E-state index is -4.92. The Balaban J connectivity index is 1.58. The second-order valence-electron chi connectivity index (χ2n) is 12.2. The Labute approximate surface area is 290 Å². The molecule has 50 heavy (non-hydrogen) atoms. The first-order valence-electron chi connectivity index (χ1n) is 17.4. The van der Waals surface area contributed by atoms with Gasteiger partial charge in [-0.25, -0.2) is 18.0 Å². The van der Waals surface area contributed by atoms with E-state index in [1.165, 1.54) is 74.9 Å². The van der Waals surface area contributed by atoms with Crippen molar-refractivity contribution in [2.24, 2.45) is 0 Å². The van der Waals surface area contributed by atoms with Gasteiger partial charge in [0.2, 0.25) is 0 Å². The molecule has 0 N–H and O–H groups in total. The molecule has 0 amide bonds. The molecule has 1 unspecified atom stereocenters. The summed E-state index contributed by atoms with van der Waals surface area (Å²) in [6.45, 7) is 4.97. The van der Waals surface area contributed by atoms with Crippen LogP contribution in [0.15, 0.2) is 54.6 Å². The summed E-state index contributed by atoms with van der Waals surface area (Å²) >= 11 is 0. The maximum Gasteiger partial charge on any atom is 0.425 e. The fourth-order valence-electron chi connectivity index (χ4n) is 5.40. The van der Waals surface area contributed by atoms with Gasteiger partial charge in [0.1, 0.15) is 11.6 Å². The zero-order valence-corrected chi connectivity index (χ0v) is 28.7. The molecule has 0 fully saturated rings. The SMILES string of the molecule is CCCCCCCCCCCOc1ccc(-c2ccc(C(=O)c3cc(F)c(C(=O)OC(CCCCOCC)C(F)(F)F)cc3F)cc2)cc1F. The lowest BCUT2D eigenvalue weighted by Gasteiger charge is -2.21. The summed E-state index contributed by atoms with van der Waals surface area (Å²) in [7, 11) is 0. The molecule has 274 valence electrons. The van der Waals surface area contributed by atoms with Crippen molar-refractivity contribution in [3.8, 4) is 16.9 Å². The topological polar surface area (TPSA) is 61.8 Å². The van der Waals surface area contributed by atoms with Crippen LogP contribution in [0.4, 0.5) is 26.3 Å². The largest absolute Gasteiger partial charge is 0.491 e. The highest BCUT2D eigenvalue weighted by Gasteiger charge is 2.42. The van der Waals surface area contributed by atoms with Gasteiger partial charge in [-0.3, -0.25) is 4.79 Å². The maximum absolute atomic E-state index is 15.0. The number of halogens is 6. The van der Waals surface area contributed by atoms with Crippen LogP contribution in [0.2, 0.25) is 0 Å². The highest BCUT2D eigenvalue weighted by atomic mass is 19.4. The predicted molar refractivity (Wildman–Crippen MR) is 180 cm³/mol. The number of ketones is 1. The van der Waals surface area contributed by atoms with Crippen LogP contribution in [0.5, 0.6) is 5.75 Å². The first-order chi connectivity index (χ1) is 24.0. The number of alkyl halides is 3. The van der Waals surface area contributed by atoms with Crippen molar-refractivity contribution in [2.45, 2.75) is 103 Å². The van der Waals surface area contributed by atoms with E-state index in [1.54, 1.807) is 13.0 Å². The summed E-state index contributed by atoms with van der Waals surface area (Å²) in [5.41, 5.74) is -0.778. The van der Waals surface area contributed by atoms with E-state index in [0.717, 1.165) is 19.3 Å². The van der Waals surface area contributed by atoms with Crippen molar-refractivity contribution in [1.82, 2.24) is 0 Å². The average Bonchev–Trinajstić information content (AvgIpc) is 3.09. The van der Waals surface area contributed by atoms with Crippen molar-refractivity contribution in [3.05, 3.63) is 88.7 Å². The molecule has 0 aliphatic rings.